The molecule has 7 nitrogen and oxygen atoms in total. The molecule has 0 radical (unpaired) electrons. The van der Waals surface area contributed by atoms with E-state index in [9.17, 15) is 18.0 Å². The zero-order valence-corrected chi connectivity index (χ0v) is 18.9. The molecule has 164 valence electrons. The molecule has 0 aliphatic heterocycles. The van der Waals surface area contributed by atoms with E-state index in [0.29, 0.717) is 23.7 Å². The van der Waals surface area contributed by atoms with Crippen LogP contribution in [0.5, 0.6) is 0 Å². The van der Waals surface area contributed by atoms with Crippen molar-refractivity contribution in [3.05, 3.63) is 70.0 Å². The number of fused-ring (bicyclic) bond motifs is 1. The fraction of sp³-hybridized carbons (Fsp3) is 0.304. The second-order valence-electron chi connectivity index (χ2n) is 7.99. The molecule has 1 amide bonds. The molecule has 2 N–H and O–H groups in total. The second-order valence-corrected chi connectivity index (χ2v) is 9.96. The Hall–Kier alpha value is -3.13. The molecule has 0 spiro atoms. The van der Waals surface area contributed by atoms with E-state index in [0.717, 1.165) is 12.0 Å². The Morgan fingerprint density at radius 3 is 2.58 bits per heavy atom. The SMILES string of the molecule is Cc1cccc(N(C)S(=O)(=O)c2ccc3[nH]cc(C(=O)NCCC(C)C)c(=O)c3c2)c1. The van der Waals surface area contributed by atoms with E-state index >= 15 is 0 Å². The molecule has 8 heteroatoms. The number of H-pyrrole nitrogens is 1. The number of aryl methyl sites for hydroxylation is 1. The van der Waals surface area contributed by atoms with Crippen LogP contribution in [0.3, 0.4) is 0 Å². The Labute approximate surface area is 182 Å². The summed E-state index contributed by atoms with van der Waals surface area (Å²) in [5.74, 6) is -0.0534. The number of pyridine rings is 1. The van der Waals surface area contributed by atoms with Crippen molar-refractivity contribution in [3.8, 4) is 0 Å². The first-order chi connectivity index (χ1) is 14.6. The van der Waals surface area contributed by atoms with Gasteiger partial charge in [-0.25, -0.2) is 8.42 Å². The van der Waals surface area contributed by atoms with Gasteiger partial charge in [0.1, 0.15) is 5.56 Å². The number of nitrogens with one attached hydrogen (secondary N) is 2. The zero-order chi connectivity index (χ0) is 22.8. The number of carbonyl (C=O) groups is 1. The fourth-order valence-corrected chi connectivity index (χ4v) is 4.43. The molecule has 2 aromatic carbocycles. The van der Waals surface area contributed by atoms with Gasteiger partial charge in [-0.2, -0.15) is 0 Å². The van der Waals surface area contributed by atoms with Gasteiger partial charge in [0.2, 0.25) is 5.43 Å². The lowest BCUT2D eigenvalue weighted by atomic mass is 10.1. The fourth-order valence-electron chi connectivity index (χ4n) is 3.22. The molecule has 0 bridgehead atoms. The van der Waals surface area contributed by atoms with Crippen molar-refractivity contribution in [2.45, 2.75) is 32.1 Å². The normalized spacial score (nSPS) is 11.6. The molecule has 1 aromatic heterocycles. The highest BCUT2D eigenvalue weighted by molar-refractivity contribution is 7.92. The number of nitrogens with zero attached hydrogens (tertiary/aromatic N) is 1. The highest BCUT2D eigenvalue weighted by atomic mass is 32.2. The minimum absolute atomic E-state index is 0.0214. The Kier molecular flexibility index (Phi) is 6.50. The third-order valence-electron chi connectivity index (χ3n) is 5.13. The first-order valence-corrected chi connectivity index (χ1v) is 11.5. The molecule has 31 heavy (non-hydrogen) atoms. The van der Waals surface area contributed by atoms with Crippen LogP contribution in [0.4, 0.5) is 5.69 Å². The summed E-state index contributed by atoms with van der Waals surface area (Å²) in [4.78, 5) is 28.3. The summed E-state index contributed by atoms with van der Waals surface area (Å²) in [6.45, 7) is 6.44. The summed E-state index contributed by atoms with van der Waals surface area (Å²) in [6, 6.07) is 11.4. The monoisotopic (exact) mass is 441 g/mol. The molecule has 0 aliphatic rings. The van der Waals surface area contributed by atoms with Crippen LogP contribution in [0, 0.1) is 12.8 Å². The average molecular weight is 442 g/mol. The van der Waals surface area contributed by atoms with Crippen LogP contribution in [-0.4, -0.2) is 32.9 Å². The van der Waals surface area contributed by atoms with Crippen LogP contribution >= 0.6 is 0 Å². The molecule has 0 saturated heterocycles. The lowest BCUT2D eigenvalue weighted by Crippen LogP contribution is -2.30. The zero-order valence-electron chi connectivity index (χ0n) is 18.1. The number of rotatable bonds is 7. The summed E-state index contributed by atoms with van der Waals surface area (Å²) >= 11 is 0. The molecule has 0 aliphatic carbocycles. The molecule has 0 saturated carbocycles. The second kappa shape index (κ2) is 8.93. The number of anilines is 1. The lowest BCUT2D eigenvalue weighted by Gasteiger charge is -2.20. The van der Waals surface area contributed by atoms with Crippen molar-refractivity contribution in [3.63, 3.8) is 0 Å². The van der Waals surface area contributed by atoms with Gasteiger partial charge in [0.25, 0.3) is 15.9 Å². The van der Waals surface area contributed by atoms with Crippen molar-refractivity contribution in [2.24, 2.45) is 5.92 Å². The van der Waals surface area contributed by atoms with E-state index in [1.54, 1.807) is 18.2 Å². The summed E-state index contributed by atoms with van der Waals surface area (Å²) in [7, 11) is -2.42. The molecular weight excluding hydrogens is 414 g/mol. The van der Waals surface area contributed by atoms with Crippen molar-refractivity contribution < 1.29 is 13.2 Å². The maximum absolute atomic E-state index is 13.2. The van der Waals surface area contributed by atoms with Gasteiger partial charge in [-0.3, -0.25) is 13.9 Å². The van der Waals surface area contributed by atoms with Gasteiger partial charge in [-0.05, 0) is 55.2 Å². The quantitative estimate of drug-likeness (QED) is 0.587. The number of carbonyl (C=O) groups excluding carboxylic acids is 1. The largest absolute Gasteiger partial charge is 0.360 e. The van der Waals surface area contributed by atoms with E-state index in [1.165, 1.54) is 35.7 Å². The van der Waals surface area contributed by atoms with E-state index in [-0.39, 0.29) is 15.8 Å². The molecule has 1 heterocycles. The smallest absolute Gasteiger partial charge is 0.264 e. The van der Waals surface area contributed by atoms with Crippen molar-refractivity contribution in [1.82, 2.24) is 10.3 Å². The maximum atomic E-state index is 13.2. The van der Waals surface area contributed by atoms with Crippen LogP contribution in [-0.2, 0) is 10.0 Å². The summed E-state index contributed by atoms with van der Waals surface area (Å²) in [6.07, 6.45) is 2.16. The summed E-state index contributed by atoms with van der Waals surface area (Å²) in [5, 5.41) is 2.89. The van der Waals surface area contributed by atoms with Gasteiger partial charge in [0, 0.05) is 30.7 Å². The number of aromatic amines is 1. The predicted octanol–water partition coefficient (Wildman–Crippen LogP) is 3.44. The van der Waals surface area contributed by atoms with Gasteiger partial charge in [0.05, 0.1) is 10.6 Å². The Morgan fingerprint density at radius 2 is 1.90 bits per heavy atom. The predicted molar refractivity (Wildman–Crippen MR) is 123 cm³/mol. The van der Waals surface area contributed by atoms with Crippen LogP contribution in [0.2, 0.25) is 0 Å². The number of sulfonamides is 1. The summed E-state index contributed by atoms with van der Waals surface area (Å²) in [5.41, 5.74) is 1.36. The van der Waals surface area contributed by atoms with Gasteiger partial charge in [-0.15, -0.1) is 0 Å². The first-order valence-electron chi connectivity index (χ1n) is 10.1. The molecule has 0 atom stereocenters. The van der Waals surface area contributed by atoms with Crippen LogP contribution < -0.4 is 15.1 Å². The minimum Gasteiger partial charge on any atom is -0.360 e. The highest BCUT2D eigenvalue weighted by Crippen LogP contribution is 2.24. The third kappa shape index (κ3) is 4.80. The van der Waals surface area contributed by atoms with Crippen LogP contribution in [0.15, 0.2) is 58.4 Å². The summed E-state index contributed by atoms with van der Waals surface area (Å²) < 4.78 is 27.5. The van der Waals surface area contributed by atoms with Crippen molar-refractivity contribution >= 4 is 32.5 Å². The number of aromatic nitrogens is 1. The number of hydrogen-bond donors (Lipinski definition) is 2. The maximum Gasteiger partial charge on any atom is 0.264 e. The average Bonchev–Trinajstić information content (AvgIpc) is 2.72. The minimum atomic E-state index is -3.89. The standard InChI is InChI=1S/C23H27N3O4S/c1-15(2)10-11-24-23(28)20-14-25-21-9-8-18(13-19(21)22(20)27)31(29,30)26(4)17-7-5-6-16(3)12-17/h5-9,12-15H,10-11H2,1-4H3,(H,24,28)(H,25,27). The highest BCUT2D eigenvalue weighted by Gasteiger charge is 2.23. The molecule has 0 fully saturated rings. The molecule has 3 rings (SSSR count). The Morgan fingerprint density at radius 1 is 1.16 bits per heavy atom. The topological polar surface area (TPSA) is 99.3 Å². The van der Waals surface area contributed by atoms with E-state index in [2.05, 4.69) is 10.3 Å². The van der Waals surface area contributed by atoms with Crippen LogP contribution in [0.25, 0.3) is 10.9 Å². The number of amides is 1. The number of benzene rings is 2. The van der Waals surface area contributed by atoms with Crippen molar-refractivity contribution in [1.29, 1.82) is 0 Å². The molecule has 3 aromatic rings. The van der Waals surface area contributed by atoms with Gasteiger partial charge >= 0.3 is 0 Å². The Bertz CT molecular complexity index is 1280. The van der Waals surface area contributed by atoms with E-state index in [1.807, 2.05) is 26.8 Å². The lowest BCUT2D eigenvalue weighted by molar-refractivity contribution is 0.0951. The van der Waals surface area contributed by atoms with Gasteiger partial charge < -0.3 is 10.3 Å². The van der Waals surface area contributed by atoms with Crippen LogP contribution in [0.1, 0.15) is 36.2 Å². The molecular formula is C23H27N3O4S. The Balaban J connectivity index is 1.98. The molecule has 0 unspecified atom stereocenters. The number of hydrogen-bond acceptors (Lipinski definition) is 4. The van der Waals surface area contributed by atoms with E-state index < -0.39 is 21.4 Å². The van der Waals surface area contributed by atoms with E-state index in [4.69, 9.17) is 0 Å². The van der Waals surface area contributed by atoms with Crippen molar-refractivity contribution in [2.75, 3.05) is 17.9 Å². The van der Waals surface area contributed by atoms with Gasteiger partial charge in [-0.1, -0.05) is 26.0 Å². The third-order valence-corrected chi connectivity index (χ3v) is 6.91. The first kappa shape index (κ1) is 22.6. The van der Waals surface area contributed by atoms with Gasteiger partial charge in [0.15, 0.2) is 0 Å².